The maximum atomic E-state index is 10.6. The van der Waals surface area contributed by atoms with Crippen molar-refractivity contribution in [1.29, 1.82) is 0 Å². The van der Waals surface area contributed by atoms with Crippen LogP contribution >= 0.6 is 0 Å². The molecular weight excluding hydrogens is 402 g/mol. The van der Waals surface area contributed by atoms with Crippen molar-refractivity contribution in [1.82, 2.24) is 34.4 Å². The first-order valence-electron chi connectivity index (χ1n) is 10.6. The van der Waals surface area contributed by atoms with Gasteiger partial charge in [0.15, 0.2) is 0 Å². The number of hydrogen-bond donors (Lipinski definition) is 2. The summed E-state index contributed by atoms with van der Waals surface area (Å²) in [6.45, 7) is 8.75. The lowest BCUT2D eigenvalue weighted by molar-refractivity contribution is 0.297. The number of imidazole rings is 1. The molecule has 5 heterocycles. The van der Waals surface area contributed by atoms with E-state index in [9.17, 15) is 5.11 Å². The predicted octanol–water partition coefficient (Wildman–Crippen LogP) is 3.83. The molecule has 32 heavy (non-hydrogen) atoms. The van der Waals surface area contributed by atoms with Crippen LogP contribution in [-0.4, -0.2) is 45.3 Å². The molecule has 1 aliphatic heterocycles. The molecule has 0 atom stereocenters. The predicted molar refractivity (Wildman–Crippen MR) is 124 cm³/mol. The summed E-state index contributed by atoms with van der Waals surface area (Å²) >= 11 is 0. The minimum Gasteiger partial charge on any atom is -0.506 e. The molecule has 0 saturated heterocycles. The lowest BCUT2D eigenvalue weighted by Gasteiger charge is -2.41. The molecule has 8 heteroatoms. The van der Waals surface area contributed by atoms with Crippen LogP contribution < -0.4 is 5.32 Å². The van der Waals surface area contributed by atoms with E-state index in [1.807, 2.05) is 36.1 Å². The fraction of sp³-hybridized carbons (Fsp3) is 0.333. The van der Waals surface area contributed by atoms with Gasteiger partial charge in [0.05, 0.1) is 11.9 Å². The largest absolute Gasteiger partial charge is 0.506 e. The van der Waals surface area contributed by atoms with Gasteiger partial charge in [-0.15, -0.1) is 0 Å². The van der Waals surface area contributed by atoms with Crippen molar-refractivity contribution >= 4 is 11.4 Å². The lowest BCUT2D eigenvalue weighted by Crippen LogP contribution is -2.53. The van der Waals surface area contributed by atoms with Crippen LogP contribution in [0.5, 0.6) is 5.75 Å². The summed E-state index contributed by atoms with van der Waals surface area (Å²) < 4.78 is 3.57. The van der Waals surface area contributed by atoms with Crippen LogP contribution in [0.25, 0.3) is 33.9 Å². The zero-order valence-electron chi connectivity index (χ0n) is 19.0. The van der Waals surface area contributed by atoms with Crippen molar-refractivity contribution in [2.24, 2.45) is 7.05 Å². The van der Waals surface area contributed by atoms with Gasteiger partial charge in [0.1, 0.15) is 17.1 Å². The monoisotopic (exact) mass is 429 g/mol. The van der Waals surface area contributed by atoms with Crippen molar-refractivity contribution in [2.75, 3.05) is 0 Å². The van der Waals surface area contributed by atoms with Crippen LogP contribution in [0.4, 0.5) is 0 Å². The summed E-state index contributed by atoms with van der Waals surface area (Å²) in [6, 6.07) is 3.70. The van der Waals surface area contributed by atoms with Gasteiger partial charge < -0.3 is 10.4 Å². The molecule has 0 radical (unpaired) electrons. The van der Waals surface area contributed by atoms with Gasteiger partial charge in [-0.3, -0.25) is 9.08 Å². The van der Waals surface area contributed by atoms with Gasteiger partial charge in [0.2, 0.25) is 5.78 Å². The number of aryl methyl sites for hydroxylation is 1. The van der Waals surface area contributed by atoms with Crippen molar-refractivity contribution in [3.8, 4) is 28.3 Å². The normalized spacial score (nSPS) is 17.5. The quantitative estimate of drug-likeness (QED) is 0.514. The number of aromatic hydroxyl groups is 1. The Morgan fingerprint density at radius 2 is 1.81 bits per heavy atom. The summed E-state index contributed by atoms with van der Waals surface area (Å²) in [5.41, 5.74) is 4.67. The molecule has 2 N–H and O–H groups in total. The van der Waals surface area contributed by atoms with Crippen LogP contribution in [0.2, 0.25) is 0 Å². The second kappa shape index (κ2) is 7.00. The third kappa shape index (κ3) is 3.78. The Kier molecular flexibility index (Phi) is 4.46. The van der Waals surface area contributed by atoms with Gasteiger partial charge in [-0.2, -0.15) is 5.10 Å². The van der Waals surface area contributed by atoms with Crippen molar-refractivity contribution in [3.63, 3.8) is 0 Å². The number of rotatable bonds is 3. The Balaban J connectivity index is 1.50. The molecule has 0 saturated carbocycles. The highest BCUT2D eigenvalue weighted by atomic mass is 16.3. The first-order chi connectivity index (χ1) is 15.1. The first-order valence-corrected chi connectivity index (χ1v) is 10.6. The molecule has 8 nitrogen and oxygen atoms in total. The van der Waals surface area contributed by atoms with E-state index in [0.717, 1.165) is 23.2 Å². The average molecular weight is 430 g/mol. The number of fused-ring (bicyclic) bond motifs is 1. The Morgan fingerprint density at radius 1 is 1.03 bits per heavy atom. The first kappa shape index (κ1) is 20.4. The molecule has 4 aromatic heterocycles. The van der Waals surface area contributed by atoms with E-state index in [1.54, 1.807) is 23.1 Å². The maximum absolute atomic E-state index is 10.6. The molecule has 5 rings (SSSR count). The second-order valence-electron chi connectivity index (χ2n) is 9.72. The maximum Gasteiger partial charge on any atom is 0.234 e. The molecule has 0 spiro atoms. The molecule has 0 unspecified atom stereocenters. The Bertz CT molecular complexity index is 1360. The molecule has 0 fully saturated rings. The lowest BCUT2D eigenvalue weighted by atomic mass is 9.82. The van der Waals surface area contributed by atoms with E-state index in [2.05, 4.69) is 54.2 Å². The third-order valence-corrected chi connectivity index (χ3v) is 5.63. The van der Waals surface area contributed by atoms with Gasteiger partial charge in [-0.05, 0) is 51.8 Å². The summed E-state index contributed by atoms with van der Waals surface area (Å²) in [5.74, 6) is 0.643. The average Bonchev–Trinajstić information content (AvgIpc) is 3.30. The molecule has 0 amide bonds. The highest BCUT2D eigenvalue weighted by Crippen LogP contribution is 2.34. The van der Waals surface area contributed by atoms with Crippen LogP contribution in [0.3, 0.4) is 0 Å². The minimum absolute atomic E-state index is 0.0201. The zero-order chi connectivity index (χ0) is 22.7. The molecule has 0 bridgehead atoms. The summed E-state index contributed by atoms with van der Waals surface area (Å²) in [4.78, 5) is 13.9. The zero-order valence-corrected chi connectivity index (χ0v) is 19.0. The Morgan fingerprint density at radius 3 is 2.50 bits per heavy atom. The van der Waals surface area contributed by atoms with Gasteiger partial charge in [-0.1, -0.05) is 6.08 Å². The number of hydrogen-bond acceptors (Lipinski definition) is 6. The van der Waals surface area contributed by atoms with Gasteiger partial charge in [0.25, 0.3) is 0 Å². The number of nitrogens with zero attached hydrogens (tertiary/aromatic N) is 6. The van der Waals surface area contributed by atoms with Crippen LogP contribution in [0, 0.1) is 0 Å². The van der Waals surface area contributed by atoms with E-state index in [-0.39, 0.29) is 16.8 Å². The smallest absolute Gasteiger partial charge is 0.234 e. The van der Waals surface area contributed by atoms with E-state index in [1.165, 1.54) is 5.57 Å². The van der Waals surface area contributed by atoms with Crippen LogP contribution in [0.1, 0.15) is 39.8 Å². The fourth-order valence-corrected chi connectivity index (χ4v) is 4.62. The summed E-state index contributed by atoms with van der Waals surface area (Å²) in [5, 5.41) is 18.5. The SMILES string of the molecule is Cn1cc(-c2cnc(-c3cn4ccc(C5=CC(C)(C)NC(C)(C)C5)nc4n3)c(O)c2)cn1. The van der Waals surface area contributed by atoms with Crippen molar-refractivity contribution < 1.29 is 5.11 Å². The number of aromatic nitrogens is 6. The van der Waals surface area contributed by atoms with Crippen molar-refractivity contribution in [2.45, 2.75) is 45.2 Å². The fourth-order valence-electron chi connectivity index (χ4n) is 4.62. The number of nitrogens with one attached hydrogen (secondary N) is 1. The highest BCUT2D eigenvalue weighted by molar-refractivity contribution is 5.71. The van der Waals surface area contributed by atoms with E-state index >= 15 is 0 Å². The van der Waals surface area contributed by atoms with Crippen LogP contribution in [-0.2, 0) is 7.05 Å². The van der Waals surface area contributed by atoms with E-state index < -0.39 is 0 Å². The molecular formula is C24H27N7O. The Labute approximate surface area is 186 Å². The Hall–Kier alpha value is -3.52. The van der Waals surface area contributed by atoms with Gasteiger partial charge >= 0.3 is 0 Å². The van der Waals surface area contributed by atoms with Crippen LogP contribution in [0.15, 0.2) is 49.2 Å². The number of pyridine rings is 1. The molecule has 164 valence electrons. The second-order valence-corrected chi connectivity index (χ2v) is 9.72. The standard InChI is InChI=1S/C24H27N7O/c1-23(2)9-16(10-24(3,4)29-23)18-6-7-31-14-19(28-22(31)27-18)21-20(32)8-15(11-25-21)17-12-26-30(5)13-17/h6-9,11-14,29,32H,10H2,1-5H3. The molecule has 1 aliphatic rings. The highest BCUT2D eigenvalue weighted by Gasteiger charge is 2.33. The van der Waals surface area contributed by atoms with Gasteiger partial charge in [0, 0.05) is 54.0 Å². The van der Waals surface area contributed by atoms with Crippen molar-refractivity contribution in [3.05, 3.63) is 54.9 Å². The molecule has 4 aromatic rings. The van der Waals surface area contributed by atoms with Gasteiger partial charge in [-0.25, -0.2) is 15.0 Å². The summed E-state index contributed by atoms with van der Waals surface area (Å²) in [6.07, 6.45) is 12.3. The topological polar surface area (TPSA) is 93.2 Å². The minimum atomic E-state index is -0.114. The van der Waals surface area contributed by atoms with E-state index in [4.69, 9.17) is 4.98 Å². The molecule has 0 aromatic carbocycles. The summed E-state index contributed by atoms with van der Waals surface area (Å²) in [7, 11) is 1.85. The third-order valence-electron chi connectivity index (χ3n) is 5.63. The molecule has 0 aliphatic carbocycles. The van der Waals surface area contributed by atoms with E-state index in [0.29, 0.717) is 17.2 Å².